The van der Waals surface area contributed by atoms with Crippen molar-refractivity contribution in [2.24, 2.45) is 0 Å². The Morgan fingerprint density at radius 1 is 0.319 bits per heavy atom. The topological polar surface area (TPSA) is 258 Å². The van der Waals surface area contributed by atoms with Crippen molar-refractivity contribution < 1.29 is 79.5 Å². The predicted molar refractivity (Wildman–Crippen MR) is 270 cm³/mol. The normalized spacial score (nSPS) is 23.5. The quantitative estimate of drug-likeness (QED) is 0.0703. The Morgan fingerprint density at radius 3 is 0.694 bits per heavy atom. The Hall–Kier alpha value is -5.32. The number of methoxy groups -OCH3 is 2. The van der Waals surface area contributed by atoms with Crippen molar-refractivity contribution in [3.63, 3.8) is 0 Å². The van der Waals surface area contributed by atoms with Gasteiger partial charge < -0.3 is 79.5 Å². The van der Waals surface area contributed by atoms with Gasteiger partial charge in [-0.15, -0.1) is 0 Å². The minimum atomic E-state index is -1.41. The maximum absolute atomic E-state index is 10.6. The van der Waals surface area contributed by atoms with Gasteiger partial charge in [-0.25, -0.2) is 0 Å². The summed E-state index contributed by atoms with van der Waals surface area (Å²) >= 11 is 0. The molecule has 392 valence electrons. The highest BCUT2D eigenvalue weighted by molar-refractivity contribution is 5.49. The maximum atomic E-state index is 10.6. The number of rotatable bonds is 14. The highest BCUT2D eigenvalue weighted by Gasteiger charge is 2.48. The summed E-state index contributed by atoms with van der Waals surface area (Å²) in [5, 5.41) is 89.9. The molecule has 0 aliphatic carbocycles. The largest absolute Gasteiger partial charge is 0.400 e. The first-order chi connectivity index (χ1) is 35.1. The second-order valence-electron chi connectivity index (χ2n) is 15.7. The van der Waals surface area contributed by atoms with Gasteiger partial charge in [-0.3, -0.25) is 0 Å². The van der Waals surface area contributed by atoms with Gasteiger partial charge in [-0.05, 0) is 33.4 Å². The summed E-state index contributed by atoms with van der Waals surface area (Å²) in [5.74, 6) is 0. The van der Waals surface area contributed by atoms with Crippen LogP contribution >= 0.6 is 0 Å². The van der Waals surface area contributed by atoms with Crippen LogP contribution in [0.4, 0.5) is 0 Å². The zero-order chi connectivity index (χ0) is 53.1. The summed E-state index contributed by atoms with van der Waals surface area (Å²) < 4.78 is 35.0. The molecule has 10 N–H and O–H groups in total. The maximum Gasteiger partial charge on any atom is 0.186 e. The molecule has 0 bridgehead atoms. The molecular formula is C56H72O16. The van der Waals surface area contributed by atoms with E-state index in [0.29, 0.717) is 0 Å². The van der Waals surface area contributed by atoms with Gasteiger partial charge in [-0.2, -0.15) is 0 Å². The zero-order valence-corrected chi connectivity index (χ0v) is 41.4. The molecule has 6 aromatic rings. The van der Waals surface area contributed by atoms with Crippen molar-refractivity contribution in [3.05, 3.63) is 215 Å². The Kier molecular flexibility index (Phi) is 27.1. The van der Waals surface area contributed by atoms with Crippen LogP contribution in [0.3, 0.4) is 0 Å². The minimum Gasteiger partial charge on any atom is -0.400 e. The molecule has 2 aliphatic rings. The van der Waals surface area contributed by atoms with E-state index < -0.39 is 72.6 Å². The van der Waals surface area contributed by atoms with Gasteiger partial charge in [0.05, 0.1) is 13.2 Å². The number of ether oxygens (including phenoxy) is 6. The average Bonchev–Trinajstić information content (AvgIpc) is 3.47. The highest BCUT2D eigenvalue weighted by atomic mass is 16.7. The van der Waals surface area contributed by atoms with Crippen LogP contribution in [0.25, 0.3) is 0 Å². The highest BCUT2D eigenvalue weighted by Crippen LogP contribution is 2.43. The Labute approximate surface area is 422 Å². The molecule has 8 rings (SSSR count). The van der Waals surface area contributed by atoms with E-state index in [1.54, 1.807) is 0 Å². The summed E-state index contributed by atoms with van der Waals surface area (Å²) in [7, 11) is 6.75. The first-order valence-corrected chi connectivity index (χ1v) is 23.0. The van der Waals surface area contributed by atoms with Crippen LogP contribution in [0.2, 0.25) is 0 Å². The number of hydrogen-bond acceptors (Lipinski definition) is 16. The van der Waals surface area contributed by atoms with Crippen molar-refractivity contribution >= 4 is 0 Å². The standard InChI is InChI=1S/2C26H28O6.4CH4O/c2*1-30-25-24(29)23(28)22(27)21(32-25)17-31-26(18-11-5-2-6-12-18,19-13-7-3-8-14-19)20-15-9-4-10-16-20;4*1-2/h2*2-16,21-25,27-29H,17H2,1H3;4*2H,1H3/t2*21-,22-,23+,24-,25+;;;;/m11..../s1. The van der Waals surface area contributed by atoms with Gasteiger partial charge in [0.15, 0.2) is 12.6 Å². The molecule has 0 unspecified atom stereocenters. The van der Waals surface area contributed by atoms with E-state index in [2.05, 4.69) is 0 Å². The summed E-state index contributed by atoms with van der Waals surface area (Å²) in [6.07, 6.45) is -12.2. The van der Waals surface area contributed by atoms with Gasteiger partial charge in [0, 0.05) is 42.7 Å². The Morgan fingerprint density at radius 2 is 0.514 bits per heavy atom. The predicted octanol–water partition coefficient (Wildman–Crippen LogP) is 3.33. The fourth-order valence-corrected chi connectivity index (χ4v) is 8.45. The van der Waals surface area contributed by atoms with Gasteiger partial charge in [-0.1, -0.05) is 182 Å². The van der Waals surface area contributed by atoms with Crippen LogP contribution in [-0.4, -0.2) is 168 Å². The van der Waals surface area contributed by atoms with E-state index in [1.165, 1.54) is 14.2 Å². The molecular weight excluding hydrogens is 929 g/mol. The van der Waals surface area contributed by atoms with Crippen molar-refractivity contribution in [1.29, 1.82) is 0 Å². The van der Waals surface area contributed by atoms with Crippen molar-refractivity contribution in [1.82, 2.24) is 0 Å². The first kappa shape index (κ1) is 61.0. The molecule has 0 radical (unpaired) electrons. The molecule has 2 saturated heterocycles. The molecule has 0 saturated carbocycles. The SMILES string of the molecule is CO.CO.CO.CO.CO[C@H]1O[C@H](COC(c2ccccc2)(c2ccccc2)c2ccccc2)[C@@H](O)[C@H](O)[C@H]1O.CO[C@H]1O[C@H](COC(c2ccccc2)(c2ccccc2)c2ccccc2)[C@@H](O)[C@H](O)[C@H]1O. The summed E-state index contributed by atoms with van der Waals surface area (Å²) in [6, 6.07) is 59.0. The molecule has 72 heavy (non-hydrogen) atoms. The van der Waals surface area contributed by atoms with Crippen LogP contribution in [0.15, 0.2) is 182 Å². The molecule has 0 aromatic heterocycles. The minimum absolute atomic E-state index is 0.0521. The summed E-state index contributed by atoms with van der Waals surface area (Å²) in [4.78, 5) is 0. The zero-order valence-electron chi connectivity index (χ0n) is 41.4. The third-order valence-electron chi connectivity index (χ3n) is 11.8. The lowest BCUT2D eigenvalue weighted by molar-refractivity contribution is -0.299. The third kappa shape index (κ3) is 14.5. The summed E-state index contributed by atoms with van der Waals surface area (Å²) in [6.45, 7) is -0.104. The van der Waals surface area contributed by atoms with E-state index in [4.69, 9.17) is 48.8 Å². The third-order valence-corrected chi connectivity index (χ3v) is 11.8. The van der Waals surface area contributed by atoms with Crippen LogP contribution in [0, 0.1) is 0 Å². The lowest BCUT2D eigenvalue weighted by Crippen LogP contribution is -2.59. The molecule has 2 heterocycles. The Bertz CT molecular complexity index is 1910. The first-order valence-electron chi connectivity index (χ1n) is 23.0. The van der Waals surface area contributed by atoms with Crippen LogP contribution in [-0.2, 0) is 39.6 Å². The fraction of sp³-hybridized carbons (Fsp3) is 0.357. The number of aliphatic hydroxyl groups excluding tert-OH is 10. The van der Waals surface area contributed by atoms with E-state index >= 15 is 0 Å². The van der Waals surface area contributed by atoms with Crippen molar-refractivity contribution in [3.8, 4) is 0 Å². The van der Waals surface area contributed by atoms with Crippen LogP contribution < -0.4 is 0 Å². The fourth-order valence-electron chi connectivity index (χ4n) is 8.45. The van der Waals surface area contributed by atoms with Gasteiger partial charge in [0.25, 0.3) is 0 Å². The second-order valence-corrected chi connectivity index (χ2v) is 15.7. The molecule has 2 fully saturated rings. The Balaban J connectivity index is 0.000000334. The molecule has 0 amide bonds. The number of hydrogen-bond donors (Lipinski definition) is 10. The summed E-state index contributed by atoms with van der Waals surface area (Å²) in [5.41, 5.74) is 3.47. The molecule has 6 aromatic carbocycles. The molecule has 0 spiro atoms. The van der Waals surface area contributed by atoms with E-state index in [-0.39, 0.29) is 13.2 Å². The van der Waals surface area contributed by atoms with Crippen molar-refractivity contribution in [2.75, 3.05) is 55.9 Å². The smallest absolute Gasteiger partial charge is 0.186 e. The van der Waals surface area contributed by atoms with E-state index in [9.17, 15) is 30.6 Å². The van der Waals surface area contributed by atoms with E-state index in [0.717, 1.165) is 61.8 Å². The van der Waals surface area contributed by atoms with Crippen LogP contribution in [0.5, 0.6) is 0 Å². The van der Waals surface area contributed by atoms with Gasteiger partial charge >= 0.3 is 0 Å². The average molecular weight is 1000 g/mol. The molecule has 16 nitrogen and oxygen atoms in total. The molecule has 10 atom stereocenters. The second kappa shape index (κ2) is 32.0. The lowest BCUT2D eigenvalue weighted by atomic mass is 9.80. The van der Waals surface area contributed by atoms with E-state index in [1.807, 2.05) is 182 Å². The number of aliphatic hydroxyl groups is 10. The monoisotopic (exact) mass is 1000 g/mol. The molecule has 16 heteroatoms. The van der Waals surface area contributed by atoms with Crippen molar-refractivity contribution in [2.45, 2.75) is 72.6 Å². The van der Waals surface area contributed by atoms with Gasteiger partial charge in [0.1, 0.15) is 60.0 Å². The molecule has 2 aliphatic heterocycles. The number of benzene rings is 6. The van der Waals surface area contributed by atoms with Gasteiger partial charge in [0.2, 0.25) is 0 Å². The van der Waals surface area contributed by atoms with Crippen LogP contribution in [0.1, 0.15) is 33.4 Å². The lowest BCUT2D eigenvalue weighted by Gasteiger charge is -2.42.